The average molecular weight is 237 g/mol. The highest BCUT2D eigenvalue weighted by molar-refractivity contribution is 5.96. The molecule has 0 saturated carbocycles. The van der Waals surface area contributed by atoms with Gasteiger partial charge in [0.15, 0.2) is 11.1 Å². The third-order valence-corrected chi connectivity index (χ3v) is 1.97. The number of benzene rings is 1. The van der Waals surface area contributed by atoms with Crippen molar-refractivity contribution < 1.29 is 14.4 Å². The van der Waals surface area contributed by atoms with Crippen LogP contribution in [0.1, 0.15) is 16.8 Å². The van der Waals surface area contributed by atoms with E-state index in [9.17, 15) is 14.5 Å². The topological polar surface area (TPSA) is 111 Å². The number of hydrogen-bond acceptors (Lipinski definition) is 6. The first-order chi connectivity index (χ1) is 8.19. The van der Waals surface area contributed by atoms with E-state index in [1.807, 2.05) is 0 Å². The fraction of sp³-hybridized carbons (Fsp3) is 0.200. The van der Waals surface area contributed by atoms with E-state index < -0.39 is 5.91 Å². The van der Waals surface area contributed by atoms with Crippen LogP contribution in [0.25, 0.3) is 0 Å². The Kier molecular flexibility index (Phi) is 4.61. The van der Waals surface area contributed by atoms with E-state index in [0.29, 0.717) is 18.7 Å². The summed E-state index contributed by atoms with van der Waals surface area (Å²) < 4.78 is 0. The summed E-state index contributed by atoms with van der Waals surface area (Å²) >= 11 is 0. The normalized spacial score (nSPS) is 9.41. The molecule has 0 heterocycles. The number of amides is 1. The van der Waals surface area contributed by atoms with Crippen molar-refractivity contribution in [3.63, 3.8) is 0 Å². The second-order valence-electron chi connectivity index (χ2n) is 3.12. The van der Waals surface area contributed by atoms with Crippen molar-refractivity contribution in [1.82, 2.24) is 0 Å². The Hall–Kier alpha value is -2.44. The molecule has 0 fully saturated rings. The van der Waals surface area contributed by atoms with Gasteiger partial charge in [0.2, 0.25) is 0 Å². The van der Waals surface area contributed by atoms with Crippen LogP contribution in [0.2, 0.25) is 0 Å². The molecule has 1 amide bonds. The molecule has 0 unspecified atom stereocenters. The Morgan fingerprint density at radius 1 is 1.53 bits per heavy atom. The number of rotatable bonds is 7. The van der Waals surface area contributed by atoms with Gasteiger partial charge < -0.3 is 20.7 Å². The molecular formula is C10H11N3O4. The Morgan fingerprint density at radius 2 is 2.29 bits per heavy atom. The van der Waals surface area contributed by atoms with E-state index in [0.717, 1.165) is 6.29 Å². The third kappa shape index (κ3) is 3.56. The van der Waals surface area contributed by atoms with Gasteiger partial charge >= 0.3 is 0 Å². The van der Waals surface area contributed by atoms with Gasteiger partial charge in [-0.05, 0) is 12.1 Å². The number of carbonyl (C=O) groups is 2. The van der Waals surface area contributed by atoms with Crippen LogP contribution >= 0.6 is 0 Å². The van der Waals surface area contributed by atoms with Crippen LogP contribution in [-0.2, 0) is 4.79 Å². The number of aldehydes is 1. The summed E-state index contributed by atoms with van der Waals surface area (Å²) in [5, 5.41) is 5.15. The lowest BCUT2D eigenvalue weighted by Gasteiger charge is -2.07. The number of anilines is 1. The van der Waals surface area contributed by atoms with Gasteiger partial charge in [0.05, 0.1) is 5.56 Å². The zero-order valence-corrected chi connectivity index (χ0v) is 8.88. The van der Waals surface area contributed by atoms with E-state index in [4.69, 9.17) is 5.73 Å². The lowest BCUT2D eigenvalue weighted by Crippen LogP contribution is -2.12. The molecule has 3 N–H and O–H groups in total. The van der Waals surface area contributed by atoms with E-state index in [2.05, 4.69) is 15.5 Å². The third-order valence-electron chi connectivity index (χ3n) is 1.97. The van der Waals surface area contributed by atoms with E-state index in [-0.39, 0.29) is 11.3 Å². The maximum absolute atomic E-state index is 11.0. The smallest absolute Gasteiger partial charge is 0.252 e. The molecule has 1 rings (SSSR count). The summed E-state index contributed by atoms with van der Waals surface area (Å²) in [5.41, 5.74) is 5.74. The summed E-state index contributed by atoms with van der Waals surface area (Å²) in [6.07, 6.45) is 1.12. The molecule has 1 aromatic rings. The first-order valence-corrected chi connectivity index (χ1v) is 4.80. The van der Waals surface area contributed by atoms with Gasteiger partial charge in [-0.25, -0.2) is 0 Å². The minimum Gasteiger partial charge on any atom is -0.385 e. The Balaban J connectivity index is 2.88. The standard InChI is InChI=1S/C10H11N3O4/c11-10(15)8-3-2-7(12-4-1-5-14)6-9(8)17-13-16/h2-3,5-6,12H,1,4H2,(H2,11,15). The second kappa shape index (κ2) is 6.21. The van der Waals surface area contributed by atoms with Crippen molar-refractivity contribution in [3.8, 4) is 5.75 Å². The zero-order chi connectivity index (χ0) is 12.7. The minimum atomic E-state index is -0.719. The summed E-state index contributed by atoms with van der Waals surface area (Å²) in [6.45, 7) is 0.438. The van der Waals surface area contributed by atoms with Crippen molar-refractivity contribution in [2.45, 2.75) is 6.42 Å². The number of nitrogens with one attached hydrogen (secondary N) is 1. The van der Waals surface area contributed by atoms with Crippen molar-refractivity contribution in [2.24, 2.45) is 11.1 Å². The molecule has 0 aliphatic rings. The minimum absolute atomic E-state index is 0.0244. The molecule has 0 aliphatic heterocycles. The van der Waals surface area contributed by atoms with Crippen molar-refractivity contribution in [2.75, 3.05) is 11.9 Å². The molecule has 0 bridgehead atoms. The number of primary amides is 1. The number of carbonyl (C=O) groups excluding carboxylic acids is 2. The molecular weight excluding hydrogens is 226 g/mol. The van der Waals surface area contributed by atoms with Crippen LogP contribution in [-0.4, -0.2) is 18.7 Å². The van der Waals surface area contributed by atoms with Gasteiger partial charge in [0, 0.05) is 24.7 Å². The second-order valence-corrected chi connectivity index (χ2v) is 3.12. The lowest BCUT2D eigenvalue weighted by atomic mass is 10.1. The molecule has 7 heteroatoms. The van der Waals surface area contributed by atoms with E-state index in [1.165, 1.54) is 12.1 Å². The molecule has 7 nitrogen and oxygen atoms in total. The predicted octanol–water partition coefficient (Wildman–Crippen LogP) is 0.847. The molecule has 1 aromatic carbocycles. The highest BCUT2D eigenvalue weighted by atomic mass is 16.7. The zero-order valence-electron chi connectivity index (χ0n) is 8.88. The summed E-state index contributed by atoms with van der Waals surface area (Å²) in [4.78, 5) is 35.6. The predicted molar refractivity (Wildman–Crippen MR) is 60.6 cm³/mol. The first-order valence-electron chi connectivity index (χ1n) is 4.80. The van der Waals surface area contributed by atoms with Gasteiger partial charge in [0.1, 0.15) is 6.29 Å². The van der Waals surface area contributed by atoms with Crippen LogP contribution in [0, 0.1) is 4.91 Å². The molecule has 0 saturated heterocycles. The number of nitrogens with zero attached hydrogens (tertiary/aromatic N) is 1. The number of nitrogens with two attached hydrogens (primary N) is 1. The lowest BCUT2D eigenvalue weighted by molar-refractivity contribution is -0.107. The SMILES string of the molecule is NC(=O)c1ccc(NCCC=O)cc1ON=O. The highest BCUT2D eigenvalue weighted by Gasteiger charge is 2.11. The Bertz CT molecular complexity index is 434. The van der Waals surface area contributed by atoms with Gasteiger partial charge in [-0.1, -0.05) is 0 Å². The van der Waals surface area contributed by atoms with Crippen LogP contribution in [0.15, 0.2) is 23.5 Å². The van der Waals surface area contributed by atoms with Crippen molar-refractivity contribution >= 4 is 17.9 Å². The van der Waals surface area contributed by atoms with Gasteiger partial charge in [-0.2, -0.15) is 0 Å². The molecule has 0 atom stereocenters. The van der Waals surface area contributed by atoms with Crippen molar-refractivity contribution in [3.05, 3.63) is 28.7 Å². The number of hydrogen-bond donors (Lipinski definition) is 2. The van der Waals surface area contributed by atoms with E-state index in [1.54, 1.807) is 6.07 Å². The van der Waals surface area contributed by atoms with Gasteiger partial charge in [-0.15, -0.1) is 4.91 Å². The Morgan fingerprint density at radius 3 is 2.88 bits per heavy atom. The fourth-order valence-electron chi connectivity index (χ4n) is 1.23. The molecule has 0 radical (unpaired) electrons. The first kappa shape index (κ1) is 12.6. The highest BCUT2D eigenvalue weighted by Crippen LogP contribution is 2.23. The van der Waals surface area contributed by atoms with Crippen molar-refractivity contribution in [1.29, 1.82) is 0 Å². The van der Waals surface area contributed by atoms with E-state index >= 15 is 0 Å². The average Bonchev–Trinajstić information content (AvgIpc) is 2.30. The Labute approximate surface area is 96.9 Å². The summed E-state index contributed by atoms with van der Waals surface area (Å²) in [7, 11) is 0. The van der Waals surface area contributed by atoms with Crippen LogP contribution in [0.3, 0.4) is 0 Å². The monoisotopic (exact) mass is 237 g/mol. The maximum Gasteiger partial charge on any atom is 0.252 e. The molecule has 0 aliphatic carbocycles. The van der Waals surface area contributed by atoms with Gasteiger partial charge in [-0.3, -0.25) is 4.79 Å². The van der Waals surface area contributed by atoms with Crippen LogP contribution in [0.5, 0.6) is 5.75 Å². The molecule has 0 aromatic heterocycles. The maximum atomic E-state index is 11.0. The van der Waals surface area contributed by atoms with Crippen LogP contribution < -0.4 is 15.9 Å². The quantitative estimate of drug-likeness (QED) is 0.316. The van der Waals surface area contributed by atoms with Gasteiger partial charge in [0.25, 0.3) is 5.91 Å². The summed E-state index contributed by atoms with van der Waals surface area (Å²) in [5.74, 6) is -0.744. The largest absolute Gasteiger partial charge is 0.385 e. The molecule has 17 heavy (non-hydrogen) atoms. The molecule has 0 spiro atoms. The van der Waals surface area contributed by atoms with Crippen LogP contribution in [0.4, 0.5) is 5.69 Å². The summed E-state index contributed by atoms with van der Waals surface area (Å²) in [6, 6.07) is 4.40. The molecule has 90 valence electrons. The fourth-order valence-corrected chi connectivity index (χ4v) is 1.23.